The summed E-state index contributed by atoms with van der Waals surface area (Å²) in [6, 6.07) is 2.06. The fourth-order valence-electron chi connectivity index (χ4n) is 1.98. The molecule has 0 aromatic heterocycles. The minimum atomic E-state index is 0.727. The Balaban J connectivity index is 3.02. The molecule has 0 radical (unpaired) electrons. The van der Waals surface area contributed by atoms with Gasteiger partial charge in [0.2, 0.25) is 0 Å². The predicted molar refractivity (Wildman–Crippen MR) is 69.5 cm³/mol. The Morgan fingerprint density at radius 1 is 1.25 bits per heavy atom. The fraction of sp³-hybridized carbons (Fsp3) is 0.538. The SMILES string of the molecule is COc1c(C)cc(C)c(Cl)c1CCCCN. The van der Waals surface area contributed by atoms with Gasteiger partial charge in [-0.15, -0.1) is 0 Å². The van der Waals surface area contributed by atoms with E-state index in [1.165, 1.54) is 0 Å². The number of unbranched alkanes of at least 4 members (excludes halogenated alkanes) is 1. The van der Waals surface area contributed by atoms with Crippen LogP contribution in [0.4, 0.5) is 0 Å². The van der Waals surface area contributed by atoms with Crippen LogP contribution in [0.15, 0.2) is 6.07 Å². The zero-order valence-corrected chi connectivity index (χ0v) is 11.0. The molecule has 0 heterocycles. The largest absolute Gasteiger partial charge is 0.496 e. The van der Waals surface area contributed by atoms with Gasteiger partial charge in [-0.1, -0.05) is 17.7 Å². The first-order valence-electron chi connectivity index (χ1n) is 5.64. The maximum Gasteiger partial charge on any atom is 0.126 e. The third-order valence-corrected chi connectivity index (χ3v) is 3.29. The molecule has 2 nitrogen and oxygen atoms in total. The van der Waals surface area contributed by atoms with Gasteiger partial charge in [-0.2, -0.15) is 0 Å². The second kappa shape index (κ2) is 6.12. The van der Waals surface area contributed by atoms with Crippen molar-refractivity contribution < 1.29 is 4.74 Å². The molecule has 0 atom stereocenters. The Morgan fingerprint density at radius 3 is 2.50 bits per heavy atom. The Bertz CT molecular complexity index is 363. The lowest BCUT2D eigenvalue weighted by atomic mass is 10.0. The van der Waals surface area contributed by atoms with Gasteiger partial charge in [0, 0.05) is 5.56 Å². The summed E-state index contributed by atoms with van der Waals surface area (Å²) in [4.78, 5) is 0. The Labute approximate surface area is 103 Å². The number of hydrogen-bond donors (Lipinski definition) is 1. The summed E-state index contributed by atoms with van der Waals surface area (Å²) in [5, 5.41) is 0.833. The average Bonchev–Trinajstić information content (AvgIpc) is 2.25. The molecule has 0 fully saturated rings. The molecule has 0 bridgehead atoms. The molecule has 0 aliphatic heterocycles. The van der Waals surface area contributed by atoms with Crippen molar-refractivity contribution in [2.75, 3.05) is 13.7 Å². The van der Waals surface area contributed by atoms with E-state index in [4.69, 9.17) is 22.1 Å². The van der Waals surface area contributed by atoms with Crippen LogP contribution in [0.25, 0.3) is 0 Å². The number of ether oxygens (including phenoxy) is 1. The monoisotopic (exact) mass is 241 g/mol. The Hall–Kier alpha value is -0.730. The maximum atomic E-state index is 6.32. The van der Waals surface area contributed by atoms with Gasteiger partial charge >= 0.3 is 0 Å². The predicted octanol–water partition coefficient (Wildman–Crippen LogP) is 3.25. The second-order valence-electron chi connectivity index (χ2n) is 4.08. The van der Waals surface area contributed by atoms with Gasteiger partial charge in [0.05, 0.1) is 12.1 Å². The molecule has 90 valence electrons. The first kappa shape index (κ1) is 13.3. The standard InChI is InChI=1S/C13H20ClNO/c1-9-8-10(2)13(16-3)11(12(9)14)6-4-5-7-15/h8H,4-7,15H2,1-3H3. The van der Waals surface area contributed by atoms with Crippen LogP contribution in [0.2, 0.25) is 5.02 Å². The van der Waals surface area contributed by atoms with Crippen molar-refractivity contribution in [1.29, 1.82) is 0 Å². The lowest BCUT2D eigenvalue weighted by Gasteiger charge is -2.15. The van der Waals surface area contributed by atoms with Gasteiger partial charge in [0.1, 0.15) is 5.75 Å². The summed E-state index contributed by atoms with van der Waals surface area (Å²) in [6.45, 7) is 4.81. The van der Waals surface area contributed by atoms with Crippen LogP contribution in [-0.4, -0.2) is 13.7 Å². The van der Waals surface area contributed by atoms with Crippen molar-refractivity contribution in [2.24, 2.45) is 5.73 Å². The summed E-state index contributed by atoms with van der Waals surface area (Å²) in [6.07, 6.45) is 3.00. The van der Waals surface area contributed by atoms with E-state index in [-0.39, 0.29) is 0 Å². The molecule has 0 unspecified atom stereocenters. The number of halogens is 1. The van der Waals surface area contributed by atoms with E-state index in [1.54, 1.807) is 7.11 Å². The molecule has 0 aliphatic rings. The van der Waals surface area contributed by atoms with Crippen LogP contribution in [-0.2, 0) is 6.42 Å². The van der Waals surface area contributed by atoms with E-state index in [0.29, 0.717) is 0 Å². The minimum Gasteiger partial charge on any atom is -0.496 e. The third kappa shape index (κ3) is 2.89. The van der Waals surface area contributed by atoms with Crippen LogP contribution < -0.4 is 10.5 Å². The zero-order valence-electron chi connectivity index (χ0n) is 10.3. The molecule has 3 heteroatoms. The maximum absolute atomic E-state index is 6.32. The molecule has 0 amide bonds. The highest BCUT2D eigenvalue weighted by Gasteiger charge is 2.13. The molecular formula is C13H20ClNO. The average molecular weight is 242 g/mol. The number of methoxy groups -OCH3 is 1. The van der Waals surface area contributed by atoms with Crippen LogP contribution in [0.1, 0.15) is 29.5 Å². The van der Waals surface area contributed by atoms with Gasteiger partial charge < -0.3 is 10.5 Å². The molecule has 0 saturated heterocycles. The Kier molecular flexibility index (Phi) is 5.10. The number of benzene rings is 1. The molecule has 1 aromatic carbocycles. The van der Waals surface area contributed by atoms with E-state index in [0.717, 1.165) is 53.3 Å². The minimum absolute atomic E-state index is 0.727. The van der Waals surface area contributed by atoms with E-state index >= 15 is 0 Å². The molecule has 16 heavy (non-hydrogen) atoms. The van der Waals surface area contributed by atoms with Crippen molar-refractivity contribution in [3.8, 4) is 5.75 Å². The number of nitrogens with two attached hydrogens (primary N) is 1. The van der Waals surface area contributed by atoms with Crippen molar-refractivity contribution >= 4 is 11.6 Å². The molecule has 1 rings (SSSR count). The fourth-order valence-corrected chi connectivity index (χ4v) is 2.22. The number of aryl methyl sites for hydroxylation is 2. The highest BCUT2D eigenvalue weighted by molar-refractivity contribution is 6.32. The molecule has 0 saturated carbocycles. The van der Waals surface area contributed by atoms with Gasteiger partial charge in [0.15, 0.2) is 0 Å². The van der Waals surface area contributed by atoms with Crippen molar-refractivity contribution in [1.82, 2.24) is 0 Å². The molecule has 1 aromatic rings. The molecule has 2 N–H and O–H groups in total. The lowest BCUT2D eigenvalue weighted by Crippen LogP contribution is -2.02. The van der Waals surface area contributed by atoms with E-state index < -0.39 is 0 Å². The zero-order chi connectivity index (χ0) is 12.1. The Morgan fingerprint density at radius 2 is 1.94 bits per heavy atom. The summed E-state index contributed by atoms with van der Waals surface area (Å²) in [5.74, 6) is 0.924. The molecule has 0 spiro atoms. The van der Waals surface area contributed by atoms with Crippen molar-refractivity contribution in [2.45, 2.75) is 33.1 Å². The van der Waals surface area contributed by atoms with Crippen LogP contribution in [0.3, 0.4) is 0 Å². The van der Waals surface area contributed by atoms with Gasteiger partial charge in [-0.25, -0.2) is 0 Å². The molecule has 0 aliphatic carbocycles. The summed E-state index contributed by atoms with van der Waals surface area (Å²) >= 11 is 6.32. The van der Waals surface area contributed by atoms with Gasteiger partial charge in [-0.05, 0) is 50.8 Å². The van der Waals surface area contributed by atoms with Crippen LogP contribution in [0.5, 0.6) is 5.75 Å². The number of hydrogen-bond acceptors (Lipinski definition) is 2. The first-order chi connectivity index (χ1) is 7.61. The number of rotatable bonds is 5. The summed E-state index contributed by atoms with van der Waals surface area (Å²) in [7, 11) is 1.69. The smallest absolute Gasteiger partial charge is 0.126 e. The van der Waals surface area contributed by atoms with E-state index in [1.807, 2.05) is 6.92 Å². The summed E-state index contributed by atoms with van der Waals surface area (Å²) < 4.78 is 5.43. The van der Waals surface area contributed by atoms with Crippen molar-refractivity contribution in [3.05, 3.63) is 27.8 Å². The van der Waals surface area contributed by atoms with E-state index in [9.17, 15) is 0 Å². The quantitative estimate of drug-likeness (QED) is 0.804. The highest BCUT2D eigenvalue weighted by atomic mass is 35.5. The van der Waals surface area contributed by atoms with Gasteiger partial charge in [-0.3, -0.25) is 0 Å². The van der Waals surface area contributed by atoms with Crippen LogP contribution in [0, 0.1) is 13.8 Å². The van der Waals surface area contributed by atoms with E-state index in [2.05, 4.69) is 13.0 Å². The second-order valence-corrected chi connectivity index (χ2v) is 4.46. The van der Waals surface area contributed by atoms with Crippen molar-refractivity contribution in [3.63, 3.8) is 0 Å². The van der Waals surface area contributed by atoms with Gasteiger partial charge in [0.25, 0.3) is 0 Å². The normalized spacial score (nSPS) is 10.6. The first-order valence-corrected chi connectivity index (χ1v) is 6.02. The lowest BCUT2D eigenvalue weighted by molar-refractivity contribution is 0.405. The third-order valence-electron chi connectivity index (χ3n) is 2.76. The highest BCUT2D eigenvalue weighted by Crippen LogP contribution is 2.34. The van der Waals surface area contributed by atoms with Crippen LogP contribution >= 0.6 is 11.6 Å². The summed E-state index contributed by atoms with van der Waals surface area (Å²) in [5.41, 5.74) is 8.88. The molecular weight excluding hydrogens is 222 g/mol. The topological polar surface area (TPSA) is 35.2 Å².